The molecule has 0 rings (SSSR count). The van der Waals surface area contributed by atoms with E-state index < -0.39 is 0 Å². The Balaban J connectivity index is 2.34. The van der Waals surface area contributed by atoms with E-state index >= 15 is 0 Å². The Morgan fingerprint density at radius 3 is 2.17 bits per heavy atom. The van der Waals surface area contributed by atoms with Gasteiger partial charge >= 0.3 is 0 Å². The van der Waals surface area contributed by atoms with E-state index in [-0.39, 0.29) is 0 Å². The average Bonchev–Trinajstić information content (AvgIpc) is 1.61. The third kappa shape index (κ3) is 3.87. The average molecular weight is 85.2 g/mol. The summed E-state index contributed by atoms with van der Waals surface area (Å²) < 4.78 is 0. The molecule has 0 nitrogen and oxygen atoms in total. The highest BCUT2D eigenvalue weighted by Crippen LogP contribution is 1.95. The smallest absolute Gasteiger partial charge is 0.0654 e. The van der Waals surface area contributed by atoms with Crippen molar-refractivity contribution in [3.05, 3.63) is 6.92 Å². The van der Waals surface area contributed by atoms with Gasteiger partial charge in [-0.25, -0.2) is 0 Å². The molecule has 0 aliphatic rings. The first-order chi connectivity index (χ1) is 2.91. The molecule has 0 heterocycles. The predicted octanol–water partition coefficient (Wildman–Crippen LogP) is 2.40. The maximum Gasteiger partial charge on any atom is 0.0850 e. The maximum atomic E-state index is 3.72. The molecule has 0 aliphatic heterocycles. The molecule has 0 aliphatic carbocycles. The fraction of sp³-hybridized carbons (Fsp3) is 0.833. The first-order valence-electron chi connectivity index (χ1n) is 2.71. The van der Waals surface area contributed by atoms with Crippen LogP contribution in [0.4, 0.5) is 0 Å². The van der Waals surface area contributed by atoms with E-state index in [4.69, 9.17) is 0 Å². The molecular weight excluding hydrogens is 72.1 g/mol. The molecule has 0 fully saturated rings. The summed E-state index contributed by atoms with van der Waals surface area (Å²) in [7, 11) is 0. The summed E-state index contributed by atoms with van der Waals surface area (Å²) in [6.45, 7) is 5.93. The van der Waals surface area contributed by atoms with E-state index in [1.54, 1.807) is 0 Å². The fourth-order valence-corrected chi connectivity index (χ4v) is 0.427. The molecule has 0 amide bonds. The Bertz CT molecular complexity index is 12.0. The van der Waals surface area contributed by atoms with Crippen LogP contribution < -0.4 is 0 Å². The van der Waals surface area contributed by atoms with Crippen LogP contribution in [0, 0.1) is 6.92 Å². The van der Waals surface area contributed by atoms with Crippen LogP contribution in [0.3, 0.4) is 0 Å². The minimum absolute atomic E-state index is 1.10. The molecule has 0 radical (unpaired) electrons. The lowest BCUT2D eigenvalue weighted by molar-refractivity contribution is 0.728. The van der Waals surface area contributed by atoms with Crippen molar-refractivity contribution in [2.45, 2.75) is 32.6 Å². The zero-order valence-corrected chi connectivity index (χ0v) is 4.54. The first kappa shape index (κ1) is 5.87. The molecule has 0 bridgehead atoms. The summed E-state index contributed by atoms with van der Waals surface area (Å²) in [4.78, 5) is 0. The van der Waals surface area contributed by atoms with Crippen molar-refractivity contribution in [3.63, 3.8) is 0 Å². The van der Waals surface area contributed by atoms with E-state index in [0.717, 1.165) is 6.42 Å². The van der Waals surface area contributed by atoms with Crippen LogP contribution >= 0.6 is 0 Å². The lowest BCUT2D eigenvalue weighted by atomic mass is 10.2. The van der Waals surface area contributed by atoms with Crippen LogP contribution in [0.5, 0.6) is 0 Å². The van der Waals surface area contributed by atoms with Crippen LogP contribution in [-0.4, -0.2) is 0 Å². The van der Waals surface area contributed by atoms with E-state index in [1.807, 2.05) is 0 Å². The number of rotatable bonds is 3. The number of hydrogen-bond acceptors (Lipinski definition) is 0. The predicted molar refractivity (Wildman–Crippen MR) is 29.5 cm³/mol. The molecular formula is C6H13+. The highest BCUT2D eigenvalue weighted by atomic mass is 13.8. The minimum Gasteiger partial charge on any atom is -0.0654 e. The first-order valence-corrected chi connectivity index (χ1v) is 2.71. The van der Waals surface area contributed by atoms with Gasteiger partial charge in [0, 0.05) is 0 Å². The maximum absolute atomic E-state index is 3.72. The Hall–Kier alpha value is -0.130. The zero-order chi connectivity index (χ0) is 4.83. The molecule has 0 saturated heterocycles. The lowest BCUT2D eigenvalue weighted by Gasteiger charge is -1.82. The molecule has 0 spiro atoms. The van der Waals surface area contributed by atoms with Crippen LogP contribution in [0.15, 0.2) is 0 Å². The van der Waals surface area contributed by atoms with Crippen molar-refractivity contribution >= 4 is 0 Å². The van der Waals surface area contributed by atoms with Gasteiger partial charge in [-0.05, 0) is 12.8 Å². The van der Waals surface area contributed by atoms with Crippen molar-refractivity contribution in [1.82, 2.24) is 0 Å². The third-order valence-electron chi connectivity index (χ3n) is 0.854. The van der Waals surface area contributed by atoms with Gasteiger partial charge in [0.1, 0.15) is 0 Å². The number of unbranched alkanes of at least 4 members (excludes halogenated alkanes) is 3. The van der Waals surface area contributed by atoms with Crippen LogP contribution in [0.2, 0.25) is 0 Å². The molecule has 36 valence electrons. The van der Waals surface area contributed by atoms with Gasteiger partial charge in [-0.3, -0.25) is 0 Å². The summed E-state index contributed by atoms with van der Waals surface area (Å²) in [5.41, 5.74) is 0. The van der Waals surface area contributed by atoms with Crippen LogP contribution in [0.1, 0.15) is 32.6 Å². The van der Waals surface area contributed by atoms with Gasteiger partial charge in [0.25, 0.3) is 0 Å². The van der Waals surface area contributed by atoms with E-state index in [2.05, 4.69) is 13.8 Å². The monoisotopic (exact) mass is 85.1 g/mol. The van der Waals surface area contributed by atoms with Gasteiger partial charge in [-0.15, -0.1) is 0 Å². The van der Waals surface area contributed by atoms with Crippen LogP contribution in [-0.2, 0) is 0 Å². The Morgan fingerprint density at radius 1 is 1.33 bits per heavy atom. The van der Waals surface area contributed by atoms with Crippen molar-refractivity contribution in [3.8, 4) is 0 Å². The molecule has 0 heteroatoms. The molecule has 0 aromatic heterocycles. The second kappa shape index (κ2) is 4.87. The Morgan fingerprint density at radius 2 is 2.00 bits per heavy atom. The standard InChI is InChI=1S/C6H13/c1-3-5-6-4-2/h1,3-6H2,2H3/q+1. The minimum atomic E-state index is 1.10. The quantitative estimate of drug-likeness (QED) is 0.364. The fourth-order valence-electron chi connectivity index (χ4n) is 0.427. The van der Waals surface area contributed by atoms with E-state index in [1.165, 1.54) is 19.3 Å². The van der Waals surface area contributed by atoms with Gasteiger partial charge < -0.3 is 0 Å². The summed E-state index contributed by atoms with van der Waals surface area (Å²) >= 11 is 0. The van der Waals surface area contributed by atoms with E-state index in [0.29, 0.717) is 0 Å². The Kier molecular flexibility index (Phi) is 4.76. The molecule has 0 N–H and O–H groups in total. The van der Waals surface area contributed by atoms with Gasteiger partial charge in [0.2, 0.25) is 0 Å². The molecule has 0 saturated carbocycles. The third-order valence-corrected chi connectivity index (χ3v) is 0.854. The molecule has 6 heavy (non-hydrogen) atoms. The summed E-state index contributed by atoms with van der Waals surface area (Å²) in [6.07, 6.45) is 5.07. The normalized spacial score (nSPS) is 8.83. The summed E-state index contributed by atoms with van der Waals surface area (Å²) in [5, 5.41) is 0. The highest BCUT2D eigenvalue weighted by Gasteiger charge is 1.80. The van der Waals surface area contributed by atoms with Crippen LogP contribution in [0.25, 0.3) is 0 Å². The summed E-state index contributed by atoms with van der Waals surface area (Å²) in [5.74, 6) is 0. The van der Waals surface area contributed by atoms with E-state index in [9.17, 15) is 0 Å². The van der Waals surface area contributed by atoms with Gasteiger partial charge in [-0.2, -0.15) is 0 Å². The molecule has 0 aromatic carbocycles. The van der Waals surface area contributed by atoms with Crippen molar-refractivity contribution < 1.29 is 0 Å². The summed E-state index contributed by atoms with van der Waals surface area (Å²) in [6, 6.07) is 0. The largest absolute Gasteiger partial charge is 0.0850 e. The second-order valence-corrected chi connectivity index (χ2v) is 1.56. The SMILES string of the molecule is [CH2+]CCCCC. The highest BCUT2D eigenvalue weighted by molar-refractivity contribution is 4.38. The van der Waals surface area contributed by atoms with Crippen molar-refractivity contribution in [2.24, 2.45) is 0 Å². The number of hydrogen-bond donors (Lipinski definition) is 0. The topological polar surface area (TPSA) is 0 Å². The zero-order valence-electron chi connectivity index (χ0n) is 4.54. The molecule has 0 atom stereocenters. The lowest BCUT2D eigenvalue weighted by Crippen LogP contribution is -1.66. The van der Waals surface area contributed by atoms with Gasteiger partial charge in [0.15, 0.2) is 0 Å². The van der Waals surface area contributed by atoms with Crippen molar-refractivity contribution in [2.75, 3.05) is 0 Å². The van der Waals surface area contributed by atoms with Gasteiger partial charge in [-0.1, -0.05) is 13.3 Å². The molecule has 0 unspecified atom stereocenters. The molecule has 0 aromatic rings. The Labute approximate surface area is 40.6 Å². The van der Waals surface area contributed by atoms with Crippen molar-refractivity contribution in [1.29, 1.82) is 0 Å². The second-order valence-electron chi connectivity index (χ2n) is 1.56. The van der Waals surface area contributed by atoms with Gasteiger partial charge in [0.05, 0.1) is 13.3 Å².